The Morgan fingerprint density at radius 2 is 1.96 bits per heavy atom. The van der Waals surface area contributed by atoms with Crippen molar-refractivity contribution in [3.8, 4) is 0 Å². The van der Waals surface area contributed by atoms with Crippen molar-refractivity contribution in [1.29, 1.82) is 0 Å². The zero-order valence-corrected chi connectivity index (χ0v) is 14.8. The Labute approximate surface area is 150 Å². The molecule has 0 unspecified atom stereocenters. The van der Waals surface area contributed by atoms with E-state index in [4.69, 9.17) is 4.74 Å². The van der Waals surface area contributed by atoms with Crippen LogP contribution in [0, 0.1) is 5.82 Å². The van der Waals surface area contributed by atoms with Gasteiger partial charge in [0.2, 0.25) is 0 Å². The van der Waals surface area contributed by atoms with Gasteiger partial charge >= 0.3 is 5.97 Å². The van der Waals surface area contributed by atoms with Gasteiger partial charge in [-0.25, -0.2) is 9.18 Å². The maximum absolute atomic E-state index is 12.9. The van der Waals surface area contributed by atoms with Crippen molar-refractivity contribution in [3.05, 3.63) is 57.0 Å². The van der Waals surface area contributed by atoms with Crippen molar-refractivity contribution in [1.82, 2.24) is 5.32 Å². The highest BCUT2D eigenvalue weighted by atomic mass is 32.1. The highest BCUT2D eigenvalue weighted by molar-refractivity contribution is 7.10. The third kappa shape index (κ3) is 4.25. The molecule has 1 N–H and O–H groups in total. The number of aryl methyl sites for hydroxylation is 1. The molecule has 1 aliphatic rings. The molecule has 1 aliphatic carbocycles. The van der Waals surface area contributed by atoms with E-state index >= 15 is 0 Å². The topological polar surface area (TPSA) is 55.4 Å². The second kappa shape index (κ2) is 7.78. The molecule has 1 amide bonds. The lowest BCUT2D eigenvalue weighted by Crippen LogP contribution is -2.35. The smallest absolute Gasteiger partial charge is 0.340 e. The van der Waals surface area contributed by atoms with Gasteiger partial charge in [-0.15, -0.1) is 11.3 Å². The molecule has 0 aliphatic heterocycles. The fraction of sp³-hybridized carbons (Fsp3) is 0.368. The van der Waals surface area contributed by atoms with Gasteiger partial charge in [-0.05, 0) is 55.9 Å². The number of hydrogen-bond donors (Lipinski definition) is 1. The van der Waals surface area contributed by atoms with E-state index in [1.807, 2.05) is 5.38 Å². The maximum Gasteiger partial charge on any atom is 0.340 e. The minimum Gasteiger partial charge on any atom is -0.449 e. The van der Waals surface area contributed by atoms with Crippen LogP contribution in [0.2, 0.25) is 0 Å². The lowest BCUT2D eigenvalue weighted by Gasteiger charge is -2.15. The summed E-state index contributed by atoms with van der Waals surface area (Å²) in [5.41, 5.74) is 2.46. The molecular weight excluding hydrogens is 341 g/mol. The first-order chi connectivity index (χ1) is 12.0. The number of carbonyl (C=O) groups is 2. The number of nitrogens with one attached hydrogen (secondary N) is 1. The van der Waals surface area contributed by atoms with Crippen molar-refractivity contribution >= 4 is 23.2 Å². The summed E-state index contributed by atoms with van der Waals surface area (Å²) in [6.45, 7) is 1.81. The molecule has 1 aromatic heterocycles. The first-order valence-electron chi connectivity index (χ1n) is 8.37. The van der Waals surface area contributed by atoms with Gasteiger partial charge in [0, 0.05) is 16.8 Å². The number of carbonyl (C=O) groups excluding carboxylic acids is 2. The number of rotatable bonds is 5. The molecule has 0 spiro atoms. The maximum atomic E-state index is 12.9. The number of hydrogen-bond acceptors (Lipinski definition) is 4. The molecule has 132 valence electrons. The van der Waals surface area contributed by atoms with Crippen molar-refractivity contribution in [2.45, 2.75) is 45.3 Å². The summed E-state index contributed by atoms with van der Waals surface area (Å²) in [7, 11) is 0. The normalized spacial score (nSPS) is 14.5. The van der Waals surface area contributed by atoms with Gasteiger partial charge in [0.05, 0.1) is 5.56 Å². The molecular formula is C19H20FNO3S. The van der Waals surface area contributed by atoms with Crippen LogP contribution in [0.1, 0.15) is 46.1 Å². The van der Waals surface area contributed by atoms with E-state index < -0.39 is 12.1 Å². The fourth-order valence-corrected chi connectivity index (χ4v) is 3.99. The third-order valence-corrected chi connectivity index (χ3v) is 5.40. The molecule has 2 aromatic rings. The van der Waals surface area contributed by atoms with E-state index in [2.05, 4.69) is 5.32 Å². The summed E-state index contributed by atoms with van der Waals surface area (Å²) in [5, 5.41) is 4.53. The lowest BCUT2D eigenvalue weighted by atomic mass is 9.96. The summed E-state index contributed by atoms with van der Waals surface area (Å²) in [6.07, 6.45) is 3.27. The summed E-state index contributed by atoms with van der Waals surface area (Å²) in [6, 6.07) is 5.88. The van der Waals surface area contributed by atoms with Crippen molar-refractivity contribution in [2.24, 2.45) is 0 Å². The molecule has 4 nitrogen and oxygen atoms in total. The predicted molar refractivity (Wildman–Crippen MR) is 94.1 cm³/mol. The Kier molecular flexibility index (Phi) is 5.48. The monoisotopic (exact) mass is 361 g/mol. The zero-order chi connectivity index (χ0) is 17.8. The quantitative estimate of drug-likeness (QED) is 0.828. The van der Waals surface area contributed by atoms with Gasteiger partial charge in [-0.1, -0.05) is 12.1 Å². The van der Waals surface area contributed by atoms with E-state index in [-0.39, 0.29) is 18.3 Å². The number of halogens is 1. The van der Waals surface area contributed by atoms with E-state index in [0.717, 1.165) is 36.8 Å². The van der Waals surface area contributed by atoms with Gasteiger partial charge < -0.3 is 10.1 Å². The Morgan fingerprint density at radius 3 is 2.72 bits per heavy atom. The van der Waals surface area contributed by atoms with Crippen LogP contribution >= 0.6 is 11.3 Å². The van der Waals surface area contributed by atoms with Gasteiger partial charge in [0.25, 0.3) is 5.91 Å². The molecule has 3 rings (SSSR count). The van der Waals surface area contributed by atoms with Crippen LogP contribution in [-0.2, 0) is 28.9 Å². The largest absolute Gasteiger partial charge is 0.449 e. The van der Waals surface area contributed by atoms with Crippen LogP contribution in [0.5, 0.6) is 0 Å². The first-order valence-corrected chi connectivity index (χ1v) is 9.25. The number of benzene rings is 1. The summed E-state index contributed by atoms with van der Waals surface area (Å²) < 4.78 is 18.2. The Morgan fingerprint density at radius 1 is 1.24 bits per heavy atom. The van der Waals surface area contributed by atoms with Crippen LogP contribution < -0.4 is 5.32 Å². The standard InChI is InChI=1S/C19H20FNO3S/c1-12(18(22)21-10-13-6-8-14(20)9-7-13)24-19(23)16-11-25-17-5-3-2-4-15(16)17/h6-9,11-12H,2-5,10H2,1H3,(H,21,22)/t12-/m1/s1. The molecule has 0 saturated heterocycles. The van der Waals surface area contributed by atoms with E-state index in [9.17, 15) is 14.0 Å². The second-order valence-corrected chi connectivity index (χ2v) is 7.11. The summed E-state index contributed by atoms with van der Waals surface area (Å²) in [4.78, 5) is 25.7. The number of ether oxygens (including phenoxy) is 1. The number of amides is 1. The average molecular weight is 361 g/mol. The van der Waals surface area contributed by atoms with E-state index in [1.165, 1.54) is 17.0 Å². The number of esters is 1. The summed E-state index contributed by atoms with van der Waals surface area (Å²) >= 11 is 1.59. The Balaban J connectivity index is 1.55. The van der Waals surface area contributed by atoms with E-state index in [0.29, 0.717) is 5.56 Å². The molecule has 1 atom stereocenters. The van der Waals surface area contributed by atoms with Crippen LogP contribution in [-0.4, -0.2) is 18.0 Å². The SMILES string of the molecule is C[C@@H](OC(=O)c1csc2c1CCCC2)C(=O)NCc1ccc(F)cc1. The highest BCUT2D eigenvalue weighted by Gasteiger charge is 2.24. The number of thiophene rings is 1. The van der Waals surface area contributed by atoms with Crippen molar-refractivity contribution < 1.29 is 18.7 Å². The Hall–Kier alpha value is -2.21. The average Bonchev–Trinajstić information content (AvgIpc) is 3.05. The van der Waals surface area contributed by atoms with Gasteiger partial charge in [0.15, 0.2) is 6.10 Å². The van der Waals surface area contributed by atoms with Crippen LogP contribution in [0.4, 0.5) is 4.39 Å². The van der Waals surface area contributed by atoms with Crippen LogP contribution in [0.15, 0.2) is 29.6 Å². The molecule has 25 heavy (non-hydrogen) atoms. The van der Waals surface area contributed by atoms with E-state index in [1.54, 1.807) is 30.4 Å². The van der Waals surface area contributed by atoms with Gasteiger partial charge in [-0.3, -0.25) is 4.79 Å². The van der Waals surface area contributed by atoms with Crippen molar-refractivity contribution in [2.75, 3.05) is 0 Å². The number of fused-ring (bicyclic) bond motifs is 1. The van der Waals surface area contributed by atoms with Gasteiger partial charge in [-0.2, -0.15) is 0 Å². The molecule has 0 fully saturated rings. The van der Waals surface area contributed by atoms with Crippen LogP contribution in [0.25, 0.3) is 0 Å². The highest BCUT2D eigenvalue weighted by Crippen LogP contribution is 2.30. The van der Waals surface area contributed by atoms with Crippen LogP contribution in [0.3, 0.4) is 0 Å². The lowest BCUT2D eigenvalue weighted by molar-refractivity contribution is -0.129. The molecule has 0 saturated carbocycles. The summed E-state index contributed by atoms with van der Waals surface area (Å²) in [5.74, 6) is -1.14. The molecule has 0 radical (unpaired) electrons. The minimum absolute atomic E-state index is 0.259. The van der Waals surface area contributed by atoms with Crippen molar-refractivity contribution in [3.63, 3.8) is 0 Å². The minimum atomic E-state index is -0.882. The molecule has 0 bridgehead atoms. The zero-order valence-electron chi connectivity index (χ0n) is 14.0. The molecule has 6 heteroatoms. The molecule has 1 aromatic carbocycles. The third-order valence-electron chi connectivity index (χ3n) is 4.31. The predicted octanol–water partition coefficient (Wildman–Crippen LogP) is 3.63. The first kappa shape index (κ1) is 17.6. The molecule has 1 heterocycles. The Bertz CT molecular complexity index is 769. The second-order valence-electron chi connectivity index (χ2n) is 6.15. The van der Waals surface area contributed by atoms with Gasteiger partial charge in [0.1, 0.15) is 5.82 Å². The fourth-order valence-electron chi connectivity index (χ4n) is 2.88.